The molecule has 0 aromatic heterocycles. The topological polar surface area (TPSA) is 60.0 Å². The summed E-state index contributed by atoms with van der Waals surface area (Å²) < 4.78 is 15.7. The smallest absolute Gasteiger partial charge is 0.241 e. The number of carbonyl (C=O) groups excluding carboxylic acids is 1. The largest absolute Gasteiger partial charge is 0.493 e. The Hall–Kier alpha value is -1.79. The third-order valence-corrected chi connectivity index (χ3v) is 3.62. The van der Waals surface area contributed by atoms with Gasteiger partial charge in [0, 0.05) is 24.8 Å². The van der Waals surface area contributed by atoms with E-state index in [-0.39, 0.29) is 11.9 Å². The van der Waals surface area contributed by atoms with Gasteiger partial charge in [-0.1, -0.05) is 0 Å². The lowest BCUT2D eigenvalue weighted by Gasteiger charge is -2.31. The van der Waals surface area contributed by atoms with Gasteiger partial charge in [-0.3, -0.25) is 9.69 Å². The number of amides is 1. The van der Waals surface area contributed by atoms with Crippen LogP contribution in [0.3, 0.4) is 0 Å². The van der Waals surface area contributed by atoms with Crippen molar-refractivity contribution in [1.29, 1.82) is 0 Å². The van der Waals surface area contributed by atoms with E-state index in [1.807, 2.05) is 6.92 Å². The molecule has 0 radical (unpaired) electrons. The molecule has 21 heavy (non-hydrogen) atoms. The van der Waals surface area contributed by atoms with Gasteiger partial charge in [0.15, 0.2) is 11.5 Å². The molecule has 1 atom stereocenters. The van der Waals surface area contributed by atoms with E-state index in [0.717, 1.165) is 13.1 Å². The summed E-state index contributed by atoms with van der Waals surface area (Å²) in [6.07, 6.45) is 0. The number of hydrogen-bond acceptors (Lipinski definition) is 5. The molecule has 1 aromatic carbocycles. The van der Waals surface area contributed by atoms with Gasteiger partial charge < -0.3 is 19.5 Å². The lowest BCUT2D eigenvalue weighted by atomic mass is 10.2. The van der Waals surface area contributed by atoms with Crippen molar-refractivity contribution in [3.63, 3.8) is 0 Å². The second-order valence-corrected chi connectivity index (χ2v) is 4.88. The second-order valence-electron chi connectivity index (χ2n) is 4.88. The maximum absolute atomic E-state index is 12.3. The monoisotopic (exact) mass is 294 g/mol. The van der Waals surface area contributed by atoms with E-state index in [1.54, 1.807) is 32.4 Å². The maximum Gasteiger partial charge on any atom is 0.241 e. The molecule has 6 nitrogen and oxygen atoms in total. The molecule has 1 aliphatic heterocycles. The van der Waals surface area contributed by atoms with Crippen molar-refractivity contribution >= 4 is 11.6 Å². The summed E-state index contributed by atoms with van der Waals surface area (Å²) >= 11 is 0. The van der Waals surface area contributed by atoms with Gasteiger partial charge in [-0.2, -0.15) is 0 Å². The number of anilines is 1. The first kappa shape index (κ1) is 15.6. The second kappa shape index (κ2) is 7.28. The van der Waals surface area contributed by atoms with Gasteiger partial charge in [-0.05, 0) is 19.1 Å². The van der Waals surface area contributed by atoms with E-state index in [4.69, 9.17) is 14.2 Å². The van der Waals surface area contributed by atoms with Crippen molar-refractivity contribution in [2.24, 2.45) is 0 Å². The Bertz CT molecular complexity index is 487. The van der Waals surface area contributed by atoms with Crippen molar-refractivity contribution in [3.8, 4) is 11.5 Å². The van der Waals surface area contributed by atoms with E-state index in [9.17, 15) is 4.79 Å². The molecule has 1 fully saturated rings. The summed E-state index contributed by atoms with van der Waals surface area (Å²) in [4.78, 5) is 14.4. The average molecular weight is 294 g/mol. The van der Waals surface area contributed by atoms with Gasteiger partial charge in [-0.15, -0.1) is 0 Å². The van der Waals surface area contributed by atoms with E-state index < -0.39 is 0 Å². The molecule has 1 heterocycles. The molecule has 2 rings (SSSR count). The summed E-state index contributed by atoms with van der Waals surface area (Å²) in [6.45, 7) is 4.81. The molecule has 1 unspecified atom stereocenters. The number of morpholine rings is 1. The zero-order valence-corrected chi connectivity index (χ0v) is 12.7. The fourth-order valence-electron chi connectivity index (χ4n) is 2.29. The molecule has 1 aliphatic rings. The molecule has 0 aliphatic carbocycles. The van der Waals surface area contributed by atoms with Crippen molar-refractivity contribution in [2.75, 3.05) is 45.8 Å². The number of hydrogen-bond donors (Lipinski definition) is 1. The number of methoxy groups -OCH3 is 2. The molecule has 116 valence electrons. The Morgan fingerprint density at radius 2 is 1.90 bits per heavy atom. The van der Waals surface area contributed by atoms with E-state index in [1.165, 1.54) is 0 Å². The summed E-state index contributed by atoms with van der Waals surface area (Å²) in [7, 11) is 3.15. The van der Waals surface area contributed by atoms with Gasteiger partial charge in [0.2, 0.25) is 5.91 Å². The van der Waals surface area contributed by atoms with Crippen LogP contribution in [0.2, 0.25) is 0 Å². The van der Waals surface area contributed by atoms with Gasteiger partial charge in [0.25, 0.3) is 0 Å². The van der Waals surface area contributed by atoms with Crippen molar-refractivity contribution in [3.05, 3.63) is 18.2 Å². The Morgan fingerprint density at radius 3 is 2.52 bits per heavy atom. The van der Waals surface area contributed by atoms with Crippen molar-refractivity contribution < 1.29 is 19.0 Å². The zero-order valence-electron chi connectivity index (χ0n) is 12.7. The molecule has 0 spiro atoms. The normalized spacial score (nSPS) is 17.1. The molecular weight excluding hydrogens is 272 g/mol. The predicted octanol–water partition coefficient (Wildman–Crippen LogP) is 1.36. The number of nitrogens with zero attached hydrogens (tertiary/aromatic N) is 1. The first-order valence-corrected chi connectivity index (χ1v) is 7.00. The van der Waals surface area contributed by atoms with Crippen LogP contribution in [0.4, 0.5) is 5.69 Å². The van der Waals surface area contributed by atoms with E-state index in [2.05, 4.69) is 10.2 Å². The number of nitrogens with one attached hydrogen (secondary N) is 1. The standard InChI is InChI=1S/C15H22N2O4/c1-11(17-6-8-21-9-7-17)15(18)16-12-4-5-13(19-2)14(10-12)20-3/h4-5,10-11H,6-9H2,1-3H3,(H,16,18). The summed E-state index contributed by atoms with van der Waals surface area (Å²) in [5.74, 6) is 1.19. The molecule has 1 N–H and O–H groups in total. The van der Waals surface area contributed by atoms with Crippen LogP contribution in [0.5, 0.6) is 11.5 Å². The molecule has 1 saturated heterocycles. The highest BCUT2D eigenvalue weighted by Crippen LogP contribution is 2.29. The van der Waals surface area contributed by atoms with Crippen LogP contribution in [0.25, 0.3) is 0 Å². The van der Waals surface area contributed by atoms with Gasteiger partial charge in [0.05, 0.1) is 33.5 Å². The molecule has 1 amide bonds. The van der Waals surface area contributed by atoms with Crippen LogP contribution < -0.4 is 14.8 Å². The SMILES string of the molecule is COc1ccc(NC(=O)C(C)N2CCOCC2)cc1OC. The van der Waals surface area contributed by atoms with Crippen molar-refractivity contribution in [1.82, 2.24) is 4.90 Å². The van der Waals surface area contributed by atoms with Crippen LogP contribution in [0.1, 0.15) is 6.92 Å². The van der Waals surface area contributed by atoms with Crippen LogP contribution in [0.15, 0.2) is 18.2 Å². The number of benzene rings is 1. The average Bonchev–Trinajstić information content (AvgIpc) is 2.54. The van der Waals surface area contributed by atoms with Crippen LogP contribution in [-0.4, -0.2) is 57.4 Å². The predicted molar refractivity (Wildman–Crippen MR) is 80.0 cm³/mol. The highest BCUT2D eigenvalue weighted by atomic mass is 16.5. The highest BCUT2D eigenvalue weighted by Gasteiger charge is 2.23. The van der Waals surface area contributed by atoms with Gasteiger partial charge in [-0.25, -0.2) is 0 Å². The Labute approximate surface area is 125 Å². The molecule has 0 saturated carbocycles. The zero-order chi connectivity index (χ0) is 15.2. The van der Waals surface area contributed by atoms with Crippen LogP contribution in [0, 0.1) is 0 Å². The fourth-order valence-corrected chi connectivity index (χ4v) is 2.29. The van der Waals surface area contributed by atoms with Gasteiger partial charge >= 0.3 is 0 Å². The third kappa shape index (κ3) is 3.86. The Balaban J connectivity index is 2.01. The first-order valence-electron chi connectivity index (χ1n) is 7.00. The maximum atomic E-state index is 12.3. The third-order valence-electron chi connectivity index (χ3n) is 3.62. The molecular formula is C15H22N2O4. The quantitative estimate of drug-likeness (QED) is 0.888. The minimum absolute atomic E-state index is 0.0379. The lowest BCUT2D eigenvalue weighted by molar-refractivity contribution is -0.122. The highest BCUT2D eigenvalue weighted by molar-refractivity contribution is 5.94. The fraction of sp³-hybridized carbons (Fsp3) is 0.533. The number of ether oxygens (including phenoxy) is 3. The summed E-state index contributed by atoms with van der Waals surface area (Å²) in [5.41, 5.74) is 0.692. The minimum Gasteiger partial charge on any atom is -0.493 e. The van der Waals surface area contributed by atoms with E-state index in [0.29, 0.717) is 30.4 Å². The Morgan fingerprint density at radius 1 is 1.24 bits per heavy atom. The summed E-state index contributed by atoms with van der Waals surface area (Å²) in [5, 5.41) is 2.91. The number of rotatable bonds is 5. The molecule has 0 bridgehead atoms. The first-order chi connectivity index (χ1) is 10.2. The summed E-state index contributed by atoms with van der Waals surface area (Å²) in [6, 6.07) is 5.13. The minimum atomic E-state index is -0.193. The van der Waals surface area contributed by atoms with E-state index >= 15 is 0 Å². The molecule has 1 aromatic rings. The van der Waals surface area contributed by atoms with Gasteiger partial charge in [0.1, 0.15) is 0 Å². The molecule has 6 heteroatoms. The van der Waals surface area contributed by atoms with Crippen LogP contribution in [-0.2, 0) is 9.53 Å². The van der Waals surface area contributed by atoms with Crippen molar-refractivity contribution in [2.45, 2.75) is 13.0 Å². The Kier molecular flexibility index (Phi) is 5.41. The lowest BCUT2D eigenvalue weighted by Crippen LogP contribution is -2.47. The van der Waals surface area contributed by atoms with Crippen LogP contribution >= 0.6 is 0 Å². The number of carbonyl (C=O) groups is 1.